The van der Waals surface area contributed by atoms with E-state index in [-0.39, 0.29) is 5.56 Å². The van der Waals surface area contributed by atoms with Gasteiger partial charge in [0.1, 0.15) is 0 Å². The van der Waals surface area contributed by atoms with E-state index in [4.69, 9.17) is 0 Å². The van der Waals surface area contributed by atoms with E-state index in [1.807, 2.05) is 6.07 Å². The Morgan fingerprint density at radius 3 is 2.52 bits per heavy atom. The average Bonchev–Trinajstić information content (AvgIpc) is 2.80. The summed E-state index contributed by atoms with van der Waals surface area (Å²) in [4.78, 5) is 0. The van der Waals surface area contributed by atoms with E-state index in [0.29, 0.717) is 0 Å². The lowest BCUT2D eigenvalue weighted by Gasteiger charge is -2.36. The van der Waals surface area contributed by atoms with Crippen LogP contribution >= 0.6 is 0 Å². The Bertz CT molecular complexity index is 941. The molecule has 164 valence electrons. The van der Waals surface area contributed by atoms with E-state index in [1.54, 1.807) is 0 Å². The molecule has 2 aliphatic carbocycles. The molecular weight excluding hydrogens is 386 g/mol. The summed E-state index contributed by atoms with van der Waals surface area (Å²) in [5.74, 6) is 6.79. The Balaban J connectivity index is 1.35. The van der Waals surface area contributed by atoms with Crippen molar-refractivity contribution in [3.8, 4) is 11.8 Å². The van der Waals surface area contributed by atoms with Gasteiger partial charge < -0.3 is 0 Å². The molecule has 0 N–H and O–H groups in total. The van der Waals surface area contributed by atoms with Gasteiger partial charge in [0.2, 0.25) is 0 Å². The summed E-state index contributed by atoms with van der Waals surface area (Å²) in [6.45, 7) is 2.29. The zero-order valence-corrected chi connectivity index (χ0v) is 18.7. The number of benzene rings is 2. The highest BCUT2D eigenvalue weighted by atomic mass is 19.2. The Hall–Kier alpha value is -2.14. The third-order valence-electron chi connectivity index (χ3n) is 7.54. The van der Waals surface area contributed by atoms with Gasteiger partial charge in [0.25, 0.3) is 0 Å². The highest BCUT2D eigenvalue weighted by Gasteiger charge is 2.30. The number of unbranched alkanes of at least 4 members (excludes halogenated alkanes) is 2. The summed E-state index contributed by atoms with van der Waals surface area (Å²) in [7, 11) is 0. The molecule has 1 fully saturated rings. The summed E-state index contributed by atoms with van der Waals surface area (Å²) >= 11 is 0. The third-order valence-corrected chi connectivity index (χ3v) is 7.54. The third kappa shape index (κ3) is 5.57. The van der Waals surface area contributed by atoms with Crippen molar-refractivity contribution >= 4 is 0 Å². The lowest BCUT2D eigenvalue weighted by molar-refractivity contribution is 0.183. The van der Waals surface area contributed by atoms with Crippen LogP contribution in [0.2, 0.25) is 0 Å². The Morgan fingerprint density at radius 2 is 1.71 bits per heavy atom. The molecule has 4 rings (SSSR count). The SMILES string of the molecule is CCCCCC1CCC(C2CCc3cc(C#Cc4cccc(F)c4F)ccc3C2)CC1. The van der Waals surface area contributed by atoms with Crippen LogP contribution in [0.4, 0.5) is 8.78 Å². The van der Waals surface area contributed by atoms with Crippen molar-refractivity contribution in [3.05, 3.63) is 70.3 Å². The molecule has 2 aromatic carbocycles. The van der Waals surface area contributed by atoms with Crippen LogP contribution in [0.15, 0.2) is 36.4 Å². The van der Waals surface area contributed by atoms with E-state index in [2.05, 4.69) is 30.9 Å². The maximum Gasteiger partial charge on any atom is 0.174 e. The van der Waals surface area contributed by atoms with Gasteiger partial charge in [-0.15, -0.1) is 0 Å². The lowest BCUT2D eigenvalue weighted by atomic mass is 9.69. The fourth-order valence-electron chi connectivity index (χ4n) is 5.63. The number of aryl methyl sites for hydroxylation is 1. The predicted molar refractivity (Wildman–Crippen MR) is 124 cm³/mol. The van der Waals surface area contributed by atoms with E-state index in [0.717, 1.165) is 35.8 Å². The highest BCUT2D eigenvalue weighted by molar-refractivity contribution is 5.46. The van der Waals surface area contributed by atoms with Crippen molar-refractivity contribution in [3.63, 3.8) is 0 Å². The van der Waals surface area contributed by atoms with Crippen molar-refractivity contribution in [2.24, 2.45) is 17.8 Å². The zero-order valence-electron chi connectivity index (χ0n) is 18.7. The van der Waals surface area contributed by atoms with Crippen molar-refractivity contribution < 1.29 is 8.78 Å². The van der Waals surface area contributed by atoms with Gasteiger partial charge in [-0.05, 0) is 85.3 Å². The van der Waals surface area contributed by atoms with Crippen LogP contribution in [0.3, 0.4) is 0 Å². The molecule has 31 heavy (non-hydrogen) atoms. The van der Waals surface area contributed by atoms with Crippen LogP contribution in [0.1, 0.15) is 87.0 Å². The molecule has 0 spiro atoms. The first-order chi connectivity index (χ1) is 15.1. The minimum absolute atomic E-state index is 0.114. The maximum absolute atomic E-state index is 13.8. The van der Waals surface area contributed by atoms with Gasteiger partial charge in [0.05, 0.1) is 5.56 Å². The summed E-state index contributed by atoms with van der Waals surface area (Å²) in [6, 6.07) is 10.5. The van der Waals surface area contributed by atoms with Crippen LogP contribution in [0, 0.1) is 41.2 Å². The molecule has 2 aliphatic rings. The van der Waals surface area contributed by atoms with Crippen molar-refractivity contribution in [2.75, 3.05) is 0 Å². The Kier molecular flexibility index (Phi) is 7.44. The normalized spacial score (nSPS) is 23.0. The van der Waals surface area contributed by atoms with E-state index in [9.17, 15) is 8.78 Å². The Morgan fingerprint density at radius 1 is 0.871 bits per heavy atom. The van der Waals surface area contributed by atoms with Crippen LogP contribution in [0.25, 0.3) is 0 Å². The van der Waals surface area contributed by atoms with Gasteiger partial charge in [-0.2, -0.15) is 0 Å². The smallest absolute Gasteiger partial charge is 0.174 e. The molecule has 1 unspecified atom stereocenters. The van der Waals surface area contributed by atoms with E-state index < -0.39 is 11.6 Å². The van der Waals surface area contributed by atoms with Gasteiger partial charge in [-0.25, -0.2) is 8.78 Å². The van der Waals surface area contributed by atoms with E-state index >= 15 is 0 Å². The molecule has 0 saturated heterocycles. The van der Waals surface area contributed by atoms with Crippen LogP contribution in [-0.4, -0.2) is 0 Å². The number of rotatable bonds is 5. The van der Waals surface area contributed by atoms with Crippen LogP contribution in [0.5, 0.6) is 0 Å². The first-order valence-corrected chi connectivity index (χ1v) is 12.2. The molecule has 0 aromatic heterocycles. The molecular formula is C29H34F2. The fraction of sp³-hybridized carbons (Fsp3) is 0.517. The van der Waals surface area contributed by atoms with Gasteiger partial charge >= 0.3 is 0 Å². The summed E-state index contributed by atoms with van der Waals surface area (Å²) < 4.78 is 27.2. The molecule has 0 nitrogen and oxygen atoms in total. The maximum atomic E-state index is 13.8. The summed E-state index contributed by atoms with van der Waals surface area (Å²) in [5, 5.41) is 0. The summed E-state index contributed by atoms with van der Waals surface area (Å²) in [5.41, 5.74) is 3.84. The van der Waals surface area contributed by atoms with Crippen molar-refractivity contribution in [2.45, 2.75) is 77.6 Å². The first-order valence-electron chi connectivity index (χ1n) is 12.2. The number of halogens is 2. The van der Waals surface area contributed by atoms with Crippen LogP contribution < -0.4 is 0 Å². The second kappa shape index (κ2) is 10.4. The van der Waals surface area contributed by atoms with Gasteiger partial charge in [-0.1, -0.05) is 69.4 Å². The average molecular weight is 421 g/mol. The van der Waals surface area contributed by atoms with Crippen molar-refractivity contribution in [1.29, 1.82) is 0 Å². The highest BCUT2D eigenvalue weighted by Crippen LogP contribution is 2.40. The standard InChI is InChI=1S/C29H34F2/c1-2-3-4-6-21-9-13-23(14-10-21)26-18-17-25-19-22(12-16-27(25)20-26)11-15-24-7-5-8-28(30)29(24)31/h5,7-8,12,16,19,21,23,26H,2-4,6,9-10,13-14,17-18,20H2,1H3. The molecule has 0 bridgehead atoms. The van der Waals surface area contributed by atoms with Crippen molar-refractivity contribution in [1.82, 2.24) is 0 Å². The zero-order chi connectivity index (χ0) is 21.6. The minimum Gasteiger partial charge on any atom is -0.204 e. The molecule has 2 aromatic rings. The van der Waals surface area contributed by atoms with Gasteiger partial charge in [0.15, 0.2) is 11.6 Å². The number of hydrogen-bond donors (Lipinski definition) is 0. The Labute approximate surface area is 186 Å². The first kappa shape index (κ1) is 22.1. The number of hydrogen-bond acceptors (Lipinski definition) is 0. The van der Waals surface area contributed by atoms with Crippen LogP contribution in [-0.2, 0) is 12.8 Å². The molecule has 1 saturated carbocycles. The molecule has 0 aliphatic heterocycles. The van der Waals surface area contributed by atoms with Gasteiger partial charge in [-0.3, -0.25) is 0 Å². The second-order valence-corrected chi connectivity index (χ2v) is 9.61. The second-order valence-electron chi connectivity index (χ2n) is 9.61. The van der Waals surface area contributed by atoms with E-state index in [1.165, 1.54) is 87.5 Å². The molecule has 2 heteroatoms. The monoisotopic (exact) mass is 420 g/mol. The summed E-state index contributed by atoms with van der Waals surface area (Å²) in [6.07, 6.45) is 14.8. The fourth-order valence-corrected chi connectivity index (χ4v) is 5.63. The minimum atomic E-state index is -0.865. The molecule has 0 heterocycles. The largest absolute Gasteiger partial charge is 0.204 e. The topological polar surface area (TPSA) is 0 Å². The number of fused-ring (bicyclic) bond motifs is 1. The predicted octanol–water partition coefficient (Wildman–Crippen LogP) is 7.86. The lowest BCUT2D eigenvalue weighted by Crippen LogP contribution is -2.26. The quantitative estimate of drug-likeness (QED) is 0.341. The van der Waals surface area contributed by atoms with Gasteiger partial charge in [0, 0.05) is 5.56 Å². The molecule has 1 atom stereocenters. The molecule has 0 amide bonds. The molecule has 0 radical (unpaired) electrons.